The molecule has 2 N–H and O–H groups in total. The molecule has 124 valence electrons. The Labute approximate surface area is 137 Å². The number of ether oxygens (including phenoxy) is 2. The Morgan fingerprint density at radius 2 is 1.39 bits per heavy atom. The van der Waals surface area contributed by atoms with Crippen LogP contribution in [0.5, 0.6) is 11.5 Å². The maximum atomic E-state index is 11.0. The first-order valence-corrected chi connectivity index (χ1v) is 7.77. The Morgan fingerprint density at radius 1 is 0.870 bits per heavy atom. The van der Waals surface area contributed by atoms with E-state index in [4.69, 9.17) is 9.47 Å². The van der Waals surface area contributed by atoms with Crippen LogP contribution in [0.3, 0.4) is 0 Å². The third kappa shape index (κ3) is 4.03. The van der Waals surface area contributed by atoms with Crippen LogP contribution < -0.4 is 9.47 Å². The summed E-state index contributed by atoms with van der Waals surface area (Å²) in [7, 11) is 3.22. The van der Waals surface area contributed by atoms with E-state index in [2.05, 4.69) is 0 Å². The van der Waals surface area contributed by atoms with Crippen molar-refractivity contribution in [3.05, 3.63) is 59.7 Å². The van der Waals surface area contributed by atoms with E-state index in [9.17, 15) is 10.2 Å². The lowest BCUT2D eigenvalue weighted by Gasteiger charge is -2.26. The van der Waals surface area contributed by atoms with E-state index in [1.54, 1.807) is 14.2 Å². The van der Waals surface area contributed by atoms with E-state index < -0.39 is 6.10 Å². The van der Waals surface area contributed by atoms with Gasteiger partial charge in [-0.1, -0.05) is 36.4 Å². The molecule has 0 amide bonds. The summed E-state index contributed by atoms with van der Waals surface area (Å²) in [5, 5.41) is 20.2. The first-order valence-electron chi connectivity index (χ1n) is 7.77. The second-order valence-corrected chi connectivity index (χ2v) is 5.40. The molecule has 0 saturated carbocycles. The number of hydrogen-bond acceptors (Lipinski definition) is 4. The fraction of sp³-hybridized carbons (Fsp3) is 0.368. The van der Waals surface area contributed by atoms with Gasteiger partial charge in [-0.2, -0.15) is 0 Å². The van der Waals surface area contributed by atoms with Gasteiger partial charge in [-0.25, -0.2) is 0 Å². The van der Waals surface area contributed by atoms with Crippen molar-refractivity contribution in [2.45, 2.75) is 24.9 Å². The molecule has 0 aliphatic heterocycles. The van der Waals surface area contributed by atoms with E-state index in [1.807, 2.05) is 48.5 Å². The zero-order valence-corrected chi connectivity index (χ0v) is 13.6. The minimum atomic E-state index is -0.742. The Hall–Kier alpha value is -2.04. The Morgan fingerprint density at radius 3 is 1.96 bits per heavy atom. The molecule has 0 bridgehead atoms. The molecule has 0 heterocycles. The summed E-state index contributed by atoms with van der Waals surface area (Å²) in [4.78, 5) is 0. The molecule has 4 nitrogen and oxygen atoms in total. The number of methoxy groups -OCH3 is 2. The quantitative estimate of drug-likeness (QED) is 0.784. The second-order valence-electron chi connectivity index (χ2n) is 5.40. The average molecular weight is 316 g/mol. The highest BCUT2D eigenvalue weighted by molar-refractivity contribution is 5.41. The summed E-state index contributed by atoms with van der Waals surface area (Å²) >= 11 is 0. The molecule has 0 fully saturated rings. The van der Waals surface area contributed by atoms with Crippen molar-refractivity contribution in [3.63, 3.8) is 0 Å². The molecule has 2 aromatic carbocycles. The molecule has 0 aliphatic rings. The topological polar surface area (TPSA) is 58.9 Å². The van der Waals surface area contributed by atoms with Crippen LogP contribution in [-0.4, -0.2) is 31.0 Å². The minimum absolute atomic E-state index is 0.0876. The summed E-state index contributed by atoms with van der Waals surface area (Å²) in [6, 6.07) is 15.1. The Balaban J connectivity index is 2.41. The van der Waals surface area contributed by atoms with Crippen LogP contribution >= 0.6 is 0 Å². The lowest BCUT2D eigenvalue weighted by atomic mass is 9.85. The zero-order valence-electron chi connectivity index (χ0n) is 13.6. The molecule has 4 heteroatoms. The fourth-order valence-electron chi connectivity index (χ4n) is 2.89. The molecular weight excluding hydrogens is 292 g/mol. The van der Waals surface area contributed by atoms with Crippen LogP contribution in [0.4, 0.5) is 0 Å². The van der Waals surface area contributed by atoms with Crippen molar-refractivity contribution in [1.82, 2.24) is 0 Å². The van der Waals surface area contributed by atoms with Crippen molar-refractivity contribution in [3.8, 4) is 11.5 Å². The molecular formula is C19H24O4. The van der Waals surface area contributed by atoms with Crippen LogP contribution in [0.1, 0.15) is 36.0 Å². The fourth-order valence-corrected chi connectivity index (χ4v) is 2.89. The molecule has 0 spiro atoms. The molecule has 0 unspecified atom stereocenters. The van der Waals surface area contributed by atoms with E-state index >= 15 is 0 Å². The summed E-state index contributed by atoms with van der Waals surface area (Å²) < 4.78 is 10.8. The maximum Gasteiger partial charge on any atom is 0.124 e. The van der Waals surface area contributed by atoms with Gasteiger partial charge in [-0.15, -0.1) is 0 Å². The predicted molar refractivity (Wildman–Crippen MR) is 90.0 cm³/mol. The lowest BCUT2D eigenvalue weighted by molar-refractivity contribution is 0.130. The predicted octanol–water partition coefficient (Wildman–Crippen LogP) is 3.29. The van der Waals surface area contributed by atoms with Crippen molar-refractivity contribution in [1.29, 1.82) is 0 Å². The average Bonchev–Trinajstić information content (AvgIpc) is 2.62. The molecule has 0 aromatic heterocycles. The smallest absolute Gasteiger partial charge is 0.124 e. The molecule has 23 heavy (non-hydrogen) atoms. The third-order valence-electron chi connectivity index (χ3n) is 4.05. The molecule has 0 radical (unpaired) electrons. The number of benzene rings is 2. The largest absolute Gasteiger partial charge is 0.496 e. The van der Waals surface area contributed by atoms with Gasteiger partial charge in [0.15, 0.2) is 0 Å². The van der Waals surface area contributed by atoms with Crippen molar-refractivity contribution in [2.75, 3.05) is 20.8 Å². The maximum absolute atomic E-state index is 11.0. The molecule has 2 aromatic rings. The summed E-state index contributed by atoms with van der Waals surface area (Å²) in [5.41, 5.74) is 1.67. The van der Waals surface area contributed by atoms with E-state index in [0.29, 0.717) is 18.6 Å². The van der Waals surface area contributed by atoms with Crippen LogP contribution in [-0.2, 0) is 0 Å². The molecule has 2 rings (SSSR count). The van der Waals surface area contributed by atoms with Gasteiger partial charge >= 0.3 is 0 Å². The standard InChI is InChI=1S/C19H24O4/c1-22-17-11-5-3-8-14(17)15(10-7-13-20)19(21)16-9-4-6-12-18(16)23-2/h3-6,8-9,11-12,15,19-21H,7,10,13H2,1-2H3/t15-,19+/m0/s1. The summed E-state index contributed by atoms with van der Waals surface area (Å²) in [6.45, 7) is 0.0876. The molecule has 2 atom stereocenters. The van der Waals surface area contributed by atoms with Gasteiger partial charge in [0.1, 0.15) is 11.5 Å². The van der Waals surface area contributed by atoms with Gasteiger partial charge in [0.25, 0.3) is 0 Å². The van der Waals surface area contributed by atoms with Crippen LogP contribution in [0, 0.1) is 0 Å². The zero-order chi connectivity index (χ0) is 16.7. The number of aliphatic hydroxyl groups excluding tert-OH is 2. The van der Waals surface area contributed by atoms with Crippen LogP contribution in [0.25, 0.3) is 0 Å². The number of aliphatic hydroxyl groups is 2. The first-order chi connectivity index (χ1) is 11.2. The highest BCUT2D eigenvalue weighted by Crippen LogP contribution is 2.41. The van der Waals surface area contributed by atoms with Crippen molar-refractivity contribution in [2.24, 2.45) is 0 Å². The van der Waals surface area contributed by atoms with E-state index in [1.165, 1.54) is 0 Å². The highest BCUT2D eigenvalue weighted by Gasteiger charge is 2.27. The van der Waals surface area contributed by atoms with Crippen molar-refractivity contribution < 1.29 is 19.7 Å². The van der Waals surface area contributed by atoms with Gasteiger partial charge in [-0.05, 0) is 25.0 Å². The third-order valence-corrected chi connectivity index (χ3v) is 4.05. The molecule has 0 saturated heterocycles. The summed E-state index contributed by atoms with van der Waals surface area (Å²) in [6.07, 6.45) is 0.513. The SMILES string of the molecule is COc1ccccc1[C@H](O)[C@@H](CCCO)c1ccccc1OC. The van der Waals surface area contributed by atoms with Gasteiger partial charge in [0, 0.05) is 23.7 Å². The number of rotatable bonds is 8. The van der Waals surface area contributed by atoms with Gasteiger partial charge < -0.3 is 19.7 Å². The van der Waals surface area contributed by atoms with Crippen LogP contribution in [0.2, 0.25) is 0 Å². The second kappa shape index (κ2) is 8.56. The highest BCUT2D eigenvalue weighted by atomic mass is 16.5. The Kier molecular flexibility index (Phi) is 6.44. The number of para-hydroxylation sites is 2. The normalized spacial score (nSPS) is 13.4. The minimum Gasteiger partial charge on any atom is -0.496 e. The monoisotopic (exact) mass is 316 g/mol. The number of hydrogen-bond donors (Lipinski definition) is 2. The van der Waals surface area contributed by atoms with Gasteiger partial charge in [-0.3, -0.25) is 0 Å². The van der Waals surface area contributed by atoms with Crippen LogP contribution in [0.15, 0.2) is 48.5 Å². The van der Waals surface area contributed by atoms with Gasteiger partial charge in [0.2, 0.25) is 0 Å². The summed E-state index contributed by atoms with van der Waals surface area (Å²) in [5.74, 6) is 1.21. The van der Waals surface area contributed by atoms with Crippen molar-refractivity contribution >= 4 is 0 Å². The first kappa shape index (κ1) is 17.3. The Bertz CT molecular complexity index is 612. The molecule has 0 aliphatic carbocycles. The van der Waals surface area contributed by atoms with E-state index in [-0.39, 0.29) is 12.5 Å². The van der Waals surface area contributed by atoms with Gasteiger partial charge in [0.05, 0.1) is 20.3 Å². The lowest BCUT2D eigenvalue weighted by Crippen LogP contribution is -2.14. The van der Waals surface area contributed by atoms with E-state index in [0.717, 1.165) is 16.9 Å².